The number of carbonyl (C=O) groups is 1. The molecule has 0 bridgehead atoms. The zero-order valence-corrected chi connectivity index (χ0v) is 12.4. The Morgan fingerprint density at radius 2 is 2.05 bits per heavy atom. The molecular weight excluding hydrogens is 311 g/mol. The van der Waals surface area contributed by atoms with Crippen LogP contribution in [-0.2, 0) is 14.8 Å². The molecule has 1 aromatic carbocycles. The lowest BCUT2D eigenvalue weighted by Gasteiger charge is -2.18. The van der Waals surface area contributed by atoms with Gasteiger partial charge in [0.1, 0.15) is 6.04 Å². The molecule has 0 saturated carbocycles. The summed E-state index contributed by atoms with van der Waals surface area (Å²) in [5, 5.41) is 0.840. The fourth-order valence-electron chi connectivity index (χ4n) is 1.99. The molecule has 0 aromatic heterocycles. The van der Waals surface area contributed by atoms with Crippen molar-refractivity contribution in [1.29, 1.82) is 0 Å². The number of anilines is 1. The van der Waals surface area contributed by atoms with Gasteiger partial charge in [-0.2, -0.15) is 0 Å². The van der Waals surface area contributed by atoms with Crippen molar-refractivity contribution in [3.63, 3.8) is 0 Å². The van der Waals surface area contributed by atoms with Crippen molar-refractivity contribution >= 4 is 44.8 Å². The molecule has 19 heavy (non-hydrogen) atoms. The predicted molar refractivity (Wildman–Crippen MR) is 75.2 cm³/mol. The van der Waals surface area contributed by atoms with E-state index in [4.69, 9.17) is 23.2 Å². The molecule has 0 aliphatic carbocycles. The number of nitrogens with one attached hydrogen (secondary N) is 1. The van der Waals surface area contributed by atoms with Crippen LogP contribution in [0.3, 0.4) is 0 Å². The normalized spacial score (nSPS) is 20.1. The number of sulfonamides is 1. The van der Waals surface area contributed by atoms with Crippen LogP contribution in [0.4, 0.5) is 5.69 Å². The minimum atomic E-state index is -3.41. The zero-order valence-electron chi connectivity index (χ0n) is 10.1. The lowest BCUT2D eigenvalue weighted by molar-refractivity contribution is -0.118. The highest BCUT2D eigenvalue weighted by Gasteiger charge is 2.35. The average molecular weight is 323 g/mol. The van der Waals surface area contributed by atoms with E-state index in [-0.39, 0.29) is 5.91 Å². The molecule has 1 aliphatic heterocycles. The Kier molecular flexibility index (Phi) is 4.06. The van der Waals surface area contributed by atoms with Crippen LogP contribution in [0.1, 0.15) is 6.42 Å². The quantitative estimate of drug-likeness (QED) is 0.920. The Bertz CT molecular complexity index is 618. The smallest absolute Gasteiger partial charge is 0.245 e. The van der Waals surface area contributed by atoms with Crippen LogP contribution < -0.4 is 9.62 Å². The summed E-state index contributed by atoms with van der Waals surface area (Å²) < 4.78 is 24.6. The van der Waals surface area contributed by atoms with Crippen LogP contribution in [0.5, 0.6) is 0 Å². The molecule has 0 radical (unpaired) electrons. The van der Waals surface area contributed by atoms with E-state index in [2.05, 4.69) is 4.72 Å². The highest BCUT2D eigenvalue weighted by Crippen LogP contribution is 2.31. The van der Waals surface area contributed by atoms with Crippen molar-refractivity contribution in [2.75, 3.05) is 17.7 Å². The first-order valence-corrected chi connectivity index (χ1v) is 8.16. The second-order valence-electron chi connectivity index (χ2n) is 4.32. The topological polar surface area (TPSA) is 66.5 Å². The van der Waals surface area contributed by atoms with Gasteiger partial charge in [-0.1, -0.05) is 23.2 Å². The van der Waals surface area contributed by atoms with Crippen molar-refractivity contribution in [3.8, 4) is 0 Å². The summed E-state index contributed by atoms with van der Waals surface area (Å²) in [5.74, 6) is -0.311. The lowest BCUT2D eigenvalue weighted by atomic mass is 10.3. The summed E-state index contributed by atoms with van der Waals surface area (Å²) in [6.07, 6.45) is 1.43. The number of benzene rings is 1. The molecule has 8 heteroatoms. The maximum Gasteiger partial charge on any atom is 0.245 e. The molecule has 5 nitrogen and oxygen atoms in total. The third-order valence-corrected chi connectivity index (χ3v) is 4.01. The fraction of sp³-hybridized carbons (Fsp3) is 0.364. The summed E-state index contributed by atoms with van der Waals surface area (Å²) in [4.78, 5) is 13.6. The van der Waals surface area contributed by atoms with Crippen molar-refractivity contribution < 1.29 is 13.2 Å². The summed E-state index contributed by atoms with van der Waals surface area (Å²) in [7, 11) is -3.41. The Balaban J connectivity index is 2.22. The first kappa shape index (κ1) is 14.6. The number of carbonyl (C=O) groups excluding carboxylic acids is 1. The van der Waals surface area contributed by atoms with Crippen LogP contribution in [-0.4, -0.2) is 33.2 Å². The number of amides is 1. The van der Waals surface area contributed by atoms with Crippen LogP contribution in [0.25, 0.3) is 0 Å². The molecule has 1 N–H and O–H groups in total. The van der Waals surface area contributed by atoms with E-state index < -0.39 is 16.1 Å². The third-order valence-electron chi connectivity index (χ3n) is 2.76. The van der Waals surface area contributed by atoms with Crippen molar-refractivity contribution in [2.45, 2.75) is 12.5 Å². The van der Waals surface area contributed by atoms with E-state index in [0.29, 0.717) is 28.7 Å². The monoisotopic (exact) mass is 322 g/mol. The molecule has 1 fully saturated rings. The van der Waals surface area contributed by atoms with Gasteiger partial charge in [0, 0.05) is 11.6 Å². The molecule has 1 aliphatic rings. The largest absolute Gasteiger partial charge is 0.309 e. The average Bonchev–Trinajstić information content (AvgIpc) is 2.59. The van der Waals surface area contributed by atoms with Gasteiger partial charge in [0.05, 0.1) is 17.0 Å². The number of hydrogen-bond acceptors (Lipinski definition) is 3. The van der Waals surface area contributed by atoms with Crippen molar-refractivity contribution in [2.24, 2.45) is 0 Å². The van der Waals surface area contributed by atoms with E-state index in [1.54, 1.807) is 18.2 Å². The van der Waals surface area contributed by atoms with Gasteiger partial charge in [-0.3, -0.25) is 4.79 Å². The summed E-state index contributed by atoms with van der Waals surface area (Å²) in [6, 6.07) is 4.09. The lowest BCUT2D eigenvalue weighted by Crippen LogP contribution is -2.41. The van der Waals surface area contributed by atoms with Crippen molar-refractivity contribution in [3.05, 3.63) is 28.2 Å². The highest BCUT2D eigenvalue weighted by molar-refractivity contribution is 7.88. The summed E-state index contributed by atoms with van der Waals surface area (Å²) >= 11 is 11.8. The second-order valence-corrected chi connectivity index (χ2v) is 6.94. The first-order chi connectivity index (χ1) is 8.78. The minimum Gasteiger partial charge on any atom is -0.309 e. The van der Waals surface area contributed by atoms with Crippen molar-refractivity contribution in [1.82, 2.24) is 4.72 Å². The molecule has 0 spiro atoms. The maximum atomic E-state index is 12.1. The molecule has 1 heterocycles. The van der Waals surface area contributed by atoms with E-state index in [9.17, 15) is 13.2 Å². The predicted octanol–water partition coefficient (Wildman–Crippen LogP) is 1.65. The number of nitrogens with zero attached hydrogens (tertiary/aromatic N) is 1. The zero-order chi connectivity index (χ0) is 14.2. The van der Waals surface area contributed by atoms with Gasteiger partial charge in [0.2, 0.25) is 15.9 Å². The number of rotatable bonds is 3. The molecule has 104 valence electrons. The fourth-order valence-corrected chi connectivity index (χ4v) is 3.23. The second kappa shape index (κ2) is 5.28. The Hall–Kier alpha value is -0.820. The van der Waals surface area contributed by atoms with Gasteiger partial charge >= 0.3 is 0 Å². The van der Waals surface area contributed by atoms with Gasteiger partial charge in [0.15, 0.2) is 0 Å². The Labute approximate surface area is 121 Å². The van der Waals surface area contributed by atoms with Crippen LogP contribution in [0, 0.1) is 0 Å². The highest BCUT2D eigenvalue weighted by atomic mass is 35.5. The molecular formula is C11H12Cl2N2O3S. The SMILES string of the molecule is CS(=O)(=O)NC1CCN(c2ccc(Cl)cc2Cl)C1=O. The van der Waals surface area contributed by atoms with Gasteiger partial charge < -0.3 is 4.90 Å². The van der Waals surface area contributed by atoms with Gasteiger partial charge in [-0.15, -0.1) is 0 Å². The van der Waals surface area contributed by atoms with Crippen LogP contribution in [0.15, 0.2) is 18.2 Å². The van der Waals surface area contributed by atoms with E-state index in [1.165, 1.54) is 4.90 Å². The van der Waals surface area contributed by atoms with Gasteiger partial charge in [-0.25, -0.2) is 13.1 Å². The van der Waals surface area contributed by atoms with E-state index in [1.807, 2.05) is 0 Å². The third kappa shape index (κ3) is 3.39. The summed E-state index contributed by atoms with van der Waals surface area (Å²) in [6.45, 7) is 0.410. The van der Waals surface area contributed by atoms with Crippen LogP contribution >= 0.6 is 23.2 Å². The Morgan fingerprint density at radius 1 is 1.37 bits per heavy atom. The van der Waals surface area contributed by atoms with Crippen LogP contribution in [0.2, 0.25) is 10.0 Å². The minimum absolute atomic E-state index is 0.311. The van der Waals surface area contributed by atoms with E-state index >= 15 is 0 Å². The standard InChI is InChI=1S/C11H12Cl2N2O3S/c1-19(17,18)14-9-4-5-15(11(9)16)10-3-2-7(12)6-8(10)13/h2-3,6,9,14H,4-5H2,1H3. The number of halogens is 2. The Morgan fingerprint density at radius 3 is 2.63 bits per heavy atom. The van der Waals surface area contributed by atoms with Gasteiger partial charge in [0.25, 0.3) is 0 Å². The number of hydrogen-bond donors (Lipinski definition) is 1. The summed E-state index contributed by atoms with van der Waals surface area (Å²) in [5.41, 5.74) is 0.536. The van der Waals surface area contributed by atoms with Gasteiger partial charge in [-0.05, 0) is 24.6 Å². The molecule has 1 amide bonds. The molecule has 2 rings (SSSR count). The molecule has 1 unspecified atom stereocenters. The molecule has 1 atom stereocenters. The molecule has 1 saturated heterocycles. The van der Waals surface area contributed by atoms with E-state index in [0.717, 1.165) is 6.26 Å². The first-order valence-electron chi connectivity index (χ1n) is 5.51. The maximum absolute atomic E-state index is 12.1. The molecule has 1 aromatic rings.